The quantitative estimate of drug-likeness (QED) is 0.741. The van der Waals surface area contributed by atoms with Crippen molar-refractivity contribution in [1.29, 1.82) is 0 Å². The van der Waals surface area contributed by atoms with Crippen LogP contribution >= 0.6 is 0 Å². The number of aryl methyl sites for hydroxylation is 1. The molecule has 0 amide bonds. The third-order valence-electron chi connectivity index (χ3n) is 5.22. The molecule has 1 saturated heterocycles. The first-order valence-corrected chi connectivity index (χ1v) is 9.36. The van der Waals surface area contributed by atoms with Gasteiger partial charge in [-0.05, 0) is 49.2 Å². The lowest BCUT2D eigenvalue weighted by atomic mass is 10.1. The summed E-state index contributed by atoms with van der Waals surface area (Å²) >= 11 is 0. The molecule has 1 aromatic heterocycles. The average molecular weight is 350 g/mol. The standard InChI is InChI=1S/C21H26N4O/c1-26-21-7-3-2-6-20(21)25-13-11-24(12-14-25)10-4-5-17-8-9-18-19(15-17)23-16-22-18/h2-3,6-9,15-16H,4-5,10-14H2,1H3,(H,22,23). The van der Waals surface area contributed by atoms with Crippen molar-refractivity contribution < 1.29 is 4.74 Å². The number of imidazole rings is 1. The van der Waals surface area contributed by atoms with Crippen LogP contribution in [0.1, 0.15) is 12.0 Å². The van der Waals surface area contributed by atoms with E-state index in [1.807, 2.05) is 12.1 Å². The summed E-state index contributed by atoms with van der Waals surface area (Å²) in [5, 5.41) is 0. The number of ether oxygens (including phenoxy) is 1. The van der Waals surface area contributed by atoms with Crippen LogP contribution < -0.4 is 9.64 Å². The fourth-order valence-electron chi connectivity index (χ4n) is 3.75. The number of para-hydroxylation sites is 2. The second kappa shape index (κ2) is 7.79. The number of aromatic amines is 1. The number of nitrogens with zero attached hydrogens (tertiary/aromatic N) is 3. The summed E-state index contributed by atoms with van der Waals surface area (Å²) in [5.74, 6) is 0.968. The topological polar surface area (TPSA) is 44.4 Å². The number of hydrogen-bond acceptors (Lipinski definition) is 4. The van der Waals surface area contributed by atoms with Gasteiger partial charge in [0.25, 0.3) is 0 Å². The predicted molar refractivity (Wildman–Crippen MR) is 106 cm³/mol. The van der Waals surface area contributed by atoms with Crippen LogP contribution in [0, 0.1) is 0 Å². The van der Waals surface area contributed by atoms with Crippen molar-refractivity contribution in [2.75, 3.05) is 44.7 Å². The van der Waals surface area contributed by atoms with Crippen LogP contribution in [-0.4, -0.2) is 54.7 Å². The van der Waals surface area contributed by atoms with E-state index in [-0.39, 0.29) is 0 Å². The van der Waals surface area contributed by atoms with Crippen LogP contribution in [0.15, 0.2) is 48.8 Å². The minimum Gasteiger partial charge on any atom is -0.495 e. The third kappa shape index (κ3) is 3.68. The first-order chi connectivity index (χ1) is 12.8. The van der Waals surface area contributed by atoms with Crippen molar-refractivity contribution in [3.05, 3.63) is 54.4 Å². The molecule has 1 aliphatic rings. The molecule has 5 heteroatoms. The Morgan fingerprint density at radius 1 is 1.08 bits per heavy atom. The van der Waals surface area contributed by atoms with Crippen molar-refractivity contribution in [3.8, 4) is 5.75 Å². The Morgan fingerprint density at radius 2 is 1.92 bits per heavy atom. The minimum absolute atomic E-state index is 0.968. The Balaban J connectivity index is 1.26. The lowest BCUT2D eigenvalue weighted by Gasteiger charge is -2.36. The van der Waals surface area contributed by atoms with Gasteiger partial charge < -0.3 is 14.6 Å². The Bertz CT molecular complexity index is 852. The van der Waals surface area contributed by atoms with Gasteiger partial charge in [-0.1, -0.05) is 18.2 Å². The summed E-state index contributed by atoms with van der Waals surface area (Å²) in [6, 6.07) is 14.8. The summed E-state index contributed by atoms with van der Waals surface area (Å²) in [7, 11) is 1.75. The number of methoxy groups -OCH3 is 1. The number of aromatic nitrogens is 2. The number of piperazine rings is 1. The smallest absolute Gasteiger partial charge is 0.142 e. The van der Waals surface area contributed by atoms with Gasteiger partial charge in [0.05, 0.1) is 30.2 Å². The van der Waals surface area contributed by atoms with E-state index in [1.165, 1.54) is 17.7 Å². The molecule has 0 spiro atoms. The zero-order valence-electron chi connectivity index (χ0n) is 15.3. The molecule has 0 saturated carbocycles. The zero-order valence-corrected chi connectivity index (χ0v) is 15.3. The van der Waals surface area contributed by atoms with E-state index in [2.05, 4.69) is 50.1 Å². The van der Waals surface area contributed by atoms with Crippen LogP contribution in [0.2, 0.25) is 0 Å². The van der Waals surface area contributed by atoms with E-state index in [4.69, 9.17) is 4.74 Å². The van der Waals surface area contributed by atoms with Gasteiger partial charge in [0.2, 0.25) is 0 Å². The summed E-state index contributed by atoms with van der Waals surface area (Å²) < 4.78 is 5.50. The van der Waals surface area contributed by atoms with Gasteiger partial charge in [-0.25, -0.2) is 4.98 Å². The van der Waals surface area contributed by atoms with Crippen LogP contribution in [-0.2, 0) is 6.42 Å². The van der Waals surface area contributed by atoms with Crippen LogP contribution in [0.3, 0.4) is 0 Å². The molecule has 136 valence electrons. The maximum Gasteiger partial charge on any atom is 0.142 e. The number of benzene rings is 2. The highest BCUT2D eigenvalue weighted by Gasteiger charge is 2.19. The number of rotatable bonds is 6. The van der Waals surface area contributed by atoms with Gasteiger partial charge in [-0.2, -0.15) is 0 Å². The fraction of sp³-hybridized carbons (Fsp3) is 0.381. The molecular weight excluding hydrogens is 324 g/mol. The Labute approximate surface area is 154 Å². The highest BCUT2D eigenvalue weighted by molar-refractivity contribution is 5.75. The van der Waals surface area contributed by atoms with E-state index in [0.29, 0.717) is 0 Å². The monoisotopic (exact) mass is 350 g/mol. The number of hydrogen-bond donors (Lipinski definition) is 1. The molecule has 2 heterocycles. The van der Waals surface area contributed by atoms with Gasteiger partial charge in [0.1, 0.15) is 5.75 Å². The molecule has 1 fully saturated rings. The minimum atomic E-state index is 0.968. The summed E-state index contributed by atoms with van der Waals surface area (Å²) in [6.07, 6.45) is 4.06. The second-order valence-corrected chi connectivity index (χ2v) is 6.86. The number of nitrogens with one attached hydrogen (secondary N) is 1. The molecule has 26 heavy (non-hydrogen) atoms. The number of H-pyrrole nitrogens is 1. The van der Waals surface area contributed by atoms with E-state index in [1.54, 1.807) is 13.4 Å². The van der Waals surface area contributed by atoms with Crippen LogP contribution in [0.5, 0.6) is 5.75 Å². The maximum atomic E-state index is 5.50. The summed E-state index contributed by atoms with van der Waals surface area (Å²) in [6.45, 7) is 5.48. The summed E-state index contributed by atoms with van der Waals surface area (Å²) in [5.41, 5.74) is 4.77. The van der Waals surface area contributed by atoms with Crippen molar-refractivity contribution in [2.45, 2.75) is 12.8 Å². The SMILES string of the molecule is COc1ccccc1N1CCN(CCCc2ccc3nc[nH]c3c2)CC1. The normalized spacial score (nSPS) is 15.5. The molecule has 2 aromatic carbocycles. The largest absolute Gasteiger partial charge is 0.495 e. The third-order valence-corrected chi connectivity index (χ3v) is 5.22. The lowest BCUT2D eigenvalue weighted by Crippen LogP contribution is -2.46. The predicted octanol–water partition coefficient (Wildman–Crippen LogP) is 3.33. The van der Waals surface area contributed by atoms with Gasteiger partial charge in [-0.3, -0.25) is 4.90 Å². The molecule has 5 nitrogen and oxygen atoms in total. The van der Waals surface area contributed by atoms with Crippen molar-refractivity contribution in [1.82, 2.24) is 14.9 Å². The molecular formula is C21H26N4O. The maximum absolute atomic E-state index is 5.50. The molecule has 0 atom stereocenters. The average Bonchev–Trinajstić information content (AvgIpc) is 3.16. The fourth-order valence-corrected chi connectivity index (χ4v) is 3.75. The van der Waals surface area contributed by atoms with E-state index >= 15 is 0 Å². The van der Waals surface area contributed by atoms with E-state index in [0.717, 1.165) is 55.9 Å². The van der Waals surface area contributed by atoms with E-state index in [9.17, 15) is 0 Å². The van der Waals surface area contributed by atoms with Gasteiger partial charge in [0, 0.05) is 26.2 Å². The Kier molecular flexibility index (Phi) is 5.07. The van der Waals surface area contributed by atoms with E-state index < -0.39 is 0 Å². The first-order valence-electron chi connectivity index (χ1n) is 9.36. The number of fused-ring (bicyclic) bond motifs is 1. The van der Waals surface area contributed by atoms with Crippen molar-refractivity contribution in [3.63, 3.8) is 0 Å². The Hall–Kier alpha value is -2.53. The molecule has 3 aromatic rings. The van der Waals surface area contributed by atoms with Gasteiger partial charge in [-0.15, -0.1) is 0 Å². The molecule has 0 unspecified atom stereocenters. The van der Waals surface area contributed by atoms with Crippen LogP contribution in [0.4, 0.5) is 5.69 Å². The first kappa shape index (κ1) is 16.9. The Morgan fingerprint density at radius 3 is 2.77 bits per heavy atom. The van der Waals surface area contributed by atoms with Crippen molar-refractivity contribution >= 4 is 16.7 Å². The molecule has 1 N–H and O–H groups in total. The molecule has 0 radical (unpaired) electrons. The highest BCUT2D eigenvalue weighted by Crippen LogP contribution is 2.28. The summed E-state index contributed by atoms with van der Waals surface area (Å²) in [4.78, 5) is 12.5. The molecule has 0 aliphatic carbocycles. The van der Waals surface area contributed by atoms with Crippen LogP contribution in [0.25, 0.3) is 11.0 Å². The molecule has 1 aliphatic heterocycles. The zero-order chi connectivity index (χ0) is 17.8. The highest BCUT2D eigenvalue weighted by atomic mass is 16.5. The lowest BCUT2D eigenvalue weighted by molar-refractivity contribution is 0.254. The number of anilines is 1. The van der Waals surface area contributed by atoms with Gasteiger partial charge >= 0.3 is 0 Å². The van der Waals surface area contributed by atoms with Crippen molar-refractivity contribution in [2.24, 2.45) is 0 Å². The molecule has 4 rings (SSSR count). The second-order valence-electron chi connectivity index (χ2n) is 6.86. The van der Waals surface area contributed by atoms with Gasteiger partial charge in [0.15, 0.2) is 0 Å². The molecule has 0 bridgehead atoms.